The summed E-state index contributed by atoms with van der Waals surface area (Å²) in [5.41, 5.74) is 0.959. The fourth-order valence-corrected chi connectivity index (χ4v) is 2.55. The standard InChI is InChI=1S/C13H8Br3FO/c14-7-8-1-2-10(16)6-13(8)18-12-4-3-9(15)5-11(12)17/h1-6H,7H2. The van der Waals surface area contributed by atoms with Gasteiger partial charge in [0.05, 0.1) is 0 Å². The second kappa shape index (κ2) is 6.17. The summed E-state index contributed by atoms with van der Waals surface area (Å²) in [5.74, 6) is 0.436. The van der Waals surface area contributed by atoms with Crippen LogP contribution in [-0.2, 0) is 5.33 Å². The molecule has 94 valence electrons. The minimum atomic E-state index is -0.398. The molecule has 0 aliphatic carbocycles. The summed E-state index contributed by atoms with van der Waals surface area (Å²) in [4.78, 5) is 0. The highest BCUT2D eigenvalue weighted by atomic mass is 79.9. The molecule has 0 atom stereocenters. The fourth-order valence-electron chi connectivity index (χ4n) is 1.41. The zero-order chi connectivity index (χ0) is 13.1. The topological polar surface area (TPSA) is 9.23 Å². The zero-order valence-corrected chi connectivity index (χ0v) is 13.8. The Bertz CT molecular complexity index is 572. The first-order valence-corrected chi connectivity index (χ1v) is 7.78. The monoisotopic (exact) mass is 436 g/mol. The van der Waals surface area contributed by atoms with Gasteiger partial charge in [-0.2, -0.15) is 0 Å². The van der Waals surface area contributed by atoms with E-state index in [1.54, 1.807) is 12.1 Å². The van der Waals surface area contributed by atoms with Crippen molar-refractivity contribution in [1.82, 2.24) is 0 Å². The SMILES string of the molecule is Fc1cc(Br)ccc1Oc1cc(Br)ccc1CBr. The first-order chi connectivity index (χ1) is 8.60. The van der Waals surface area contributed by atoms with Crippen LogP contribution in [0.15, 0.2) is 45.3 Å². The largest absolute Gasteiger partial charge is 0.454 e. The van der Waals surface area contributed by atoms with Crippen LogP contribution in [0.2, 0.25) is 0 Å². The van der Waals surface area contributed by atoms with Crippen molar-refractivity contribution in [3.8, 4) is 11.5 Å². The normalized spacial score (nSPS) is 10.4. The summed E-state index contributed by atoms with van der Waals surface area (Å²) in [7, 11) is 0. The van der Waals surface area contributed by atoms with E-state index >= 15 is 0 Å². The van der Waals surface area contributed by atoms with Gasteiger partial charge in [-0.25, -0.2) is 4.39 Å². The van der Waals surface area contributed by atoms with E-state index in [-0.39, 0.29) is 5.75 Å². The molecule has 2 aromatic rings. The van der Waals surface area contributed by atoms with Gasteiger partial charge in [-0.15, -0.1) is 0 Å². The second-order valence-corrected chi connectivity index (χ2v) is 5.95. The molecule has 0 saturated heterocycles. The van der Waals surface area contributed by atoms with Gasteiger partial charge in [-0.1, -0.05) is 53.9 Å². The Kier molecular flexibility index (Phi) is 4.81. The van der Waals surface area contributed by atoms with Gasteiger partial charge in [0.15, 0.2) is 11.6 Å². The van der Waals surface area contributed by atoms with Gasteiger partial charge < -0.3 is 4.74 Å². The van der Waals surface area contributed by atoms with Crippen molar-refractivity contribution < 1.29 is 9.13 Å². The molecule has 0 spiro atoms. The summed E-state index contributed by atoms with van der Waals surface area (Å²) >= 11 is 9.96. The molecule has 18 heavy (non-hydrogen) atoms. The highest BCUT2D eigenvalue weighted by Crippen LogP contribution is 2.32. The van der Waals surface area contributed by atoms with Crippen molar-refractivity contribution in [3.63, 3.8) is 0 Å². The van der Waals surface area contributed by atoms with Crippen molar-refractivity contribution in [2.24, 2.45) is 0 Å². The first-order valence-electron chi connectivity index (χ1n) is 5.07. The van der Waals surface area contributed by atoms with E-state index in [1.165, 1.54) is 6.07 Å². The summed E-state index contributed by atoms with van der Waals surface area (Å²) in [6.07, 6.45) is 0. The number of hydrogen-bond acceptors (Lipinski definition) is 1. The second-order valence-electron chi connectivity index (χ2n) is 3.56. The van der Waals surface area contributed by atoms with E-state index in [9.17, 15) is 4.39 Å². The molecule has 1 nitrogen and oxygen atoms in total. The number of alkyl halides is 1. The molecule has 0 N–H and O–H groups in total. The maximum Gasteiger partial charge on any atom is 0.166 e. The average molecular weight is 439 g/mol. The molecule has 0 aromatic heterocycles. The molecular weight excluding hydrogens is 431 g/mol. The zero-order valence-electron chi connectivity index (χ0n) is 9.09. The molecule has 0 radical (unpaired) electrons. The summed E-state index contributed by atoms with van der Waals surface area (Å²) in [6, 6.07) is 10.4. The molecule has 0 aliphatic rings. The molecule has 0 fully saturated rings. The third-order valence-electron chi connectivity index (χ3n) is 2.29. The van der Waals surface area contributed by atoms with Crippen LogP contribution in [-0.4, -0.2) is 0 Å². The van der Waals surface area contributed by atoms with Crippen LogP contribution in [0.5, 0.6) is 11.5 Å². The van der Waals surface area contributed by atoms with Crippen LogP contribution < -0.4 is 4.74 Å². The van der Waals surface area contributed by atoms with Crippen molar-refractivity contribution >= 4 is 47.8 Å². The molecular formula is C13H8Br3FO. The minimum Gasteiger partial charge on any atom is -0.454 e. The molecule has 0 bridgehead atoms. The van der Waals surface area contributed by atoms with Crippen LogP contribution in [0.25, 0.3) is 0 Å². The highest BCUT2D eigenvalue weighted by Gasteiger charge is 2.09. The minimum absolute atomic E-state index is 0.207. The molecule has 2 aromatic carbocycles. The van der Waals surface area contributed by atoms with Gasteiger partial charge in [-0.05, 0) is 30.3 Å². The molecule has 2 rings (SSSR count). The van der Waals surface area contributed by atoms with Crippen molar-refractivity contribution in [2.45, 2.75) is 5.33 Å². The lowest BCUT2D eigenvalue weighted by Crippen LogP contribution is -1.92. The quantitative estimate of drug-likeness (QED) is 0.531. The lowest BCUT2D eigenvalue weighted by Gasteiger charge is -2.11. The Labute approximate surface area is 130 Å². The summed E-state index contributed by atoms with van der Waals surface area (Å²) in [6.45, 7) is 0. The molecule has 0 aliphatic heterocycles. The molecule has 0 saturated carbocycles. The molecule has 5 heteroatoms. The van der Waals surface area contributed by atoms with Gasteiger partial charge in [0, 0.05) is 19.8 Å². The number of benzene rings is 2. The van der Waals surface area contributed by atoms with E-state index in [1.807, 2.05) is 18.2 Å². The Morgan fingerprint density at radius 2 is 1.61 bits per heavy atom. The number of rotatable bonds is 3. The summed E-state index contributed by atoms with van der Waals surface area (Å²) in [5, 5.41) is 0.647. The Hall–Kier alpha value is -0.390. The van der Waals surface area contributed by atoms with E-state index in [2.05, 4.69) is 47.8 Å². The molecule has 0 unspecified atom stereocenters. The van der Waals surface area contributed by atoms with Gasteiger partial charge >= 0.3 is 0 Å². The fraction of sp³-hybridized carbons (Fsp3) is 0.0769. The van der Waals surface area contributed by atoms with Crippen molar-refractivity contribution in [1.29, 1.82) is 0 Å². The maximum absolute atomic E-state index is 13.7. The number of ether oxygens (including phenoxy) is 1. The van der Waals surface area contributed by atoms with E-state index in [0.29, 0.717) is 15.6 Å². The van der Waals surface area contributed by atoms with E-state index < -0.39 is 5.82 Å². The smallest absolute Gasteiger partial charge is 0.166 e. The predicted octanol–water partition coefficient (Wildman–Crippen LogP) is 6.04. The maximum atomic E-state index is 13.7. The van der Waals surface area contributed by atoms with Crippen molar-refractivity contribution in [3.05, 3.63) is 56.7 Å². The lowest BCUT2D eigenvalue weighted by atomic mass is 10.2. The predicted molar refractivity (Wildman–Crippen MR) is 80.9 cm³/mol. The van der Waals surface area contributed by atoms with Crippen LogP contribution in [0.4, 0.5) is 4.39 Å². The van der Waals surface area contributed by atoms with Crippen LogP contribution in [0.1, 0.15) is 5.56 Å². The lowest BCUT2D eigenvalue weighted by molar-refractivity contribution is 0.439. The van der Waals surface area contributed by atoms with E-state index in [0.717, 1.165) is 10.0 Å². The summed E-state index contributed by atoms with van der Waals surface area (Å²) < 4.78 is 20.9. The third-order valence-corrected chi connectivity index (χ3v) is 3.88. The molecule has 0 amide bonds. The van der Waals surface area contributed by atoms with Gasteiger partial charge in [0.25, 0.3) is 0 Å². The first kappa shape index (κ1) is 14.0. The van der Waals surface area contributed by atoms with Crippen molar-refractivity contribution in [2.75, 3.05) is 0 Å². The third kappa shape index (κ3) is 3.33. The Balaban J connectivity index is 2.36. The van der Waals surface area contributed by atoms with Crippen LogP contribution in [0.3, 0.4) is 0 Å². The van der Waals surface area contributed by atoms with Crippen LogP contribution >= 0.6 is 47.8 Å². The average Bonchev–Trinajstić information content (AvgIpc) is 2.33. The Morgan fingerprint density at radius 1 is 0.944 bits per heavy atom. The van der Waals surface area contributed by atoms with E-state index in [4.69, 9.17) is 4.74 Å². The van der Waals surface area contributed by atoms with Gasteiger partial charge in [-0.3, -0.25) is 0 Å². The van der Waals surface area contributed by atoms with Gasteiger partial charge in [0.2, 0.25) is 0 Å². The van der Waals surface area contributed by atoms with Gasteiger partial charge in [0.1, 0.15) is 5.75 Å². The Morgan fingerprint density at radius 3 is 2.28 bits per heavy atom. The van der Waals surface area contributed by atoms with Crippen LogP contribution in [0, 0.1) is 5.82 Å². The highest BCUT2D eigenvalue weighted by molar-refractivity contribution is 9.10. The molecule has 0 heterocycles. The number of hydrogen-bond donors (Lipinski definition) is 0. The number of halogens is 4.